The molecule has 1 N–H and O–H groups in total. The third kappa shape index (κ3) is 3.36. The molecule has 0 radical (unpaired) electrons. The Hall–Kier alpha value is -3.20. The maximum Gasteiger partial charge on any atom is 0.251 e. The Kier molecular flexibility index (Phi) is 4.82. The van der Waals surface area contributed by atoms with Crippen molar-refractivity contribution in [1.82, 2.24) is 15.2 Å². The SMILES string of the molecule is CN1CCC(NC(=O)c2cccc(-c3nc4c(cc3C#N)CCCC4)c2)C1=O. The van der Waals surface area contributed by atoms with E-state index in [1.807, 2.05) is 12.1 Å². The number of hydrogen-bond donors (Lipinski definition) is 1. The van der Waals surface area contributed by atoms with Crippen molar-refractivity contribution in [3.8, 4) is 17.3 Å². The van der Waals surface area contributed by atoms with E-state index >= 15 is 0 Å². The zero-order valence-electron chi connectivity index (χ0n) is 15.9. The summed E-state index contributed by atoms with van der Waals surface area (Å²) in [6.07, 6.45) is 4.74. The van der Waals surface area contributed by atoms with Crippen LogP contribution in [0, 0.1) is 11.3 Å². The van der Waals surface area contributed by atoms with Crippen molar-refractivity contribution in [2.75, 3.05) is 13.6 Å². The first-order chi connectivity index (χ1) is 13.6. The number of pyridine rings is 1. The lowest BCUT2D eigenvalue weighted by Gasteiger charge is -2.17. The summed E-state index contributed by atoms with van der Waals surface area (Å²) >= 11 is 0. The molecule has 2 amide bonds. The Balaban J connectivity index is 1.63. The van der Waals surface area contributed by atoms with Crippen LogP contribution in [0.3, 0.4) is 0 Å². The third-order valence-corrected chi connectivity index (χ3v) is 5.55. The standard InChI is InChI=1S/C22H22N4O2/c1-26-10-9-19(22(26)28)25-21(27)16-7-4-6-15(12-16)20-17(13-23)11-14-5-2-3-8-18(14)24-20/h4,6-7,11-12,19H,2-3,5,8-10H2,1H3,(H,25,27). The van der Waals surface area contributed by atoms with Crippen molar-refractivity contribution in [1.29, 1.82) is 5.26 Å². The first-order valence-electron chi connectivity index (χ1n) is 9.66. The van der Waals surface area contributed by atoms with E-state index in [0.29, 0.717) is 29.8 Å². The number of nitrogens with one attached hydrogen (secondary N) is 1. The predicted molar refractivity (Wildman–Crippen MR) is 105 cm³/mol. The lowest BCUT2D eigenvalue weighted by atomic mass is 9.93. The minimum atomic E-state index is -0.474. The molecule has 1 saturated heterocycles. The number of carbonyl (C=O) groups excluding carboxylic acids is 2. The van der Waals surface area contributed by atoms with Crippen LogP contribution in [-0.4, -0.2) is 41.3 Å². The molecule has 1 atom stereocenters. The zero-order chi connectivity index (χ0) is 19.7. The predicted octanol–water partition coefficient (Wildman–Crippen LogP) is 2.46. The number of nitrogens with zero attached hydrogens (tertiary/aromatic N) is 3. The van der Waals surface area contributed by atoms with Gasteiger partial charge in [-0.15, -0.1) is 0 Å². The van der Waals surface area contributed by atoms with E-state index in [2.05, 4.69) is 11.4 Å². The van der Waals surface area contributed by atoms with Crippen molar-refractivity contribution in [3.63, 3.8) is 0 Å². The summed E-state index contributed by atoms with van der Waals surface area (Å²) in [5.41, 5.74) is 4.56. The van der Waals surface area contributed by atoms with Gasteiger partial charge in [-0.1, -0.05) is 12.1 Å². The molecule has 4 rings (SSSR count). The van der Waals surface area contributed by atoms with Crippen LogP contribution in [-0.2, 0) is 17.6 Å². The Morgan fingerprint density at radius 1 is 1.29 bits per heavy atom. The van der Waals surface area contributed by atoms with Crippen molar-refractivity contribution in [3.05, 3.63) is 52.7 Å². The van der Waals surface area contributed by atoms with E-state index in [-0.39, 0.29) is 11.8 Å². The van der Waals surface area contributed by atoms with E-state index in [4.69, 9.17) is 4.98 Å². The fourth-order valence-electron chi connectivity index (χ4n) is 3.94. The smallest absolute Gasteiger partial charge is 0.251 e. The molecule has 1 aromatic carbocycles. The average Bonchev–Trinajstić information content (AvgIpc) is 3.05. The van der Waals surface area contributed by atoms with Gasteiger partial charge in [-0.2, -0.15) is 5.26 Å². The van der Waals surface area contributed by atoms with Crippen LogP contribution in [0.15, 0.2) is 30.3 Å². The first kappa shape index (κ1) is 18.2. The molecule has 1 aromatic heterocycles. The maximum atomic E-state index is 12.7. The fourth-order valence-corrected chi connectivity index (χ4v) is 3.94. The fraction of sp³-hybridized carbons (Fsp3) is 0.364. The molecule has 1 aliphatic carbocycles. The van der Waals surface area contributed by atoms with Gasteiger partial charge in [0.05, 0.1) is 11.3 Å². The molecule has 2 heterocycles. The van der Waals surface area contributed by atoms with Gasteiger partial charge in [-0.3, -0.25) is 14.6 Å². The molecule has 0 spiro atoms. The molecule has 1 unspecified atom stereocenters. The summed E-state index contributed by atoms with van der Waals surface area (Å²) in [7, 11) is 1.74. The summed E-state index contributed by atoms with van der Waals surface area (Å²) in [4.78, 5) is 31.1. The summed E-state index contributed by atoms with van der Waals surface area (Å²) < 4.78 is 0. The van der Waals surface area contributed by atoms with Crippen LogP contribution in [0.25, 0.3) is 11.3 Å². The normalized spacial score (nSPS) is 18.5. The third-order valence-electron chi connectivity index (χ3n) is 5.55. The molecule has 6 heteroatoms. The van der Waals surface area contributed by atoms with Gasteiger partial charge in [-0.25, -0.2) is 0 Å². The first-order valence-corrected chi connectivity index (χ1v) is 9.66. The molecule has 142 valence electrons. The molecule has 2 aromatic rings. The van der Waals surface area contributed by atoms with Crippen LogP contribution in [0.4, 0.5) is 0 Å². The molecule has 0 saturated carbocycles. The summed E-state index contributed by atoms with van der Waals surface area (Å²) in [6.45, 7) is 0.647. The Bertz CT molecular complexity index is 993. The quantitative estimate of drug-likeness (QED) is 0.894. The average molecular weight is 374 g/mol. The number of fused-ring (bicyclic) bond motifs is 1. The Morgan fingerprint density at radius 2 is 2.11 bits per heavy atom. The van der Waals surface area contributed by atoms with Crippen LogP contribution in [0.1, 0.15) is 46.4 Å². The number of likely N-dealkylation sites (tertiary alicyclic amines) is 1. The molecule has 28 heavy (non-hydrogen) atoms. The van der Waals surface area contributed by atoms with Gasteiger partial charge < -0.3 is 10.2 Å². The van der Waals surface area contributed by atoms with Crippen LogP contribution < -0.4 is 5.32 Å². The molecule has 1 aliphatic heterocycles. The largest absolute Gasteiger partial charge is 0.344 e. The van der Waals surface area contributed by atoms with Crippen molar-refractivity contribution >= 4 is 11.8 Å². The van der Waals surface area contributed by atoms with E-state index in [0.717, 1.165) is 42.5 Å². The zero-order valence-corrected chi connectivity index (χ0v) is 15.9. The number of benzene rings is 1. The maximum absolute atomic E-state index is 12.7. The number of aromatic nitrogens is 1. The van der Waals surface area contributed by atoms with Gasteiger partial charge in [0.2, 0.25) is 5.91 Å². The molecule has 6 nitrogen and oxygen atoms in total. The van der Waals surface area contributed by atoms with Crippen molar-refractivity contribution in [2.45, 2.75) is 38.1 Å². The summed E-state index contributed by atoms with van der Waals surface area (Å²) in [5.74, 6) is -0.348. The van der Waals surface area contributed by atoms with Crippen LogP contribution in [0.2, 0.25) is 0 Å². The number of likely N-dealkylation sites (N-methyl/N-ethyl adjacent to an activating group) is 1. The number of amides is 2. The van der Waals surface area contributed by atoms with Crippen LogP contribution in [0.5, 0.6) is 0 Å². The molecule has 1 fully saturated rings. The highest BCUT2D eigenvalue weighted by Crippen LogP contribution is 2.28. The second kappa shape index (κ2) is 7.43. The number of carbonyl (C=O) groups is 2. The second-order valence-electron chi connectivity index (χ2n) is 7.46. The summed E-state index contributed by atoms with van der Waals surface area (Å²) in [6, 6.07) is 10.8. The number of hydrogen-bond acceptors (Lipinski definition) is 4. The number of aryl methyl sites for hydroxylation is 2. The second-order valence-corrected chi connectivity index (χ2v) is 7.46. The lowest BCUT2D eigenvalue weighted by Crippen LogP contribution is -2.40. The molecular formula is C22H22N4O2. The monoisotopic (exact) mass is 374 g/mol. The number of nitriles is 1. The highest BCUT2D eigenvalue weighted by Gasteiger charge is 2.30. The summed E-state index contributed by atoms with van der Waals surface area (Å²) in [5, 5.41) is 12.4. The van der Waals surface area contributed by atoms with Crippen LogP contribution >= 0.6 is 0 Å². The van der Waals surface area contributed by atoms with E-state index in [9.17, 15) is 14.9 Å². The molecule has 0 bridgehead atoms. The minimum Gasteiger partial charge on any atom is -0.344 e. The van der Waals surface area contributed by atoms with Gasteiger partial charge in [-0.05, 0) is 55.9 Å². The minimum absolute atomic E-state index is 0.0624. The van der Waals surface area contributed by atoms with Gasteiger partial charge in [0.15, 0.2) is 0 Å². The van der Waals surface area contributed by atoms with Crippen molar-refractivity contribution < 1.29 is 9.59 Å². The van der Waals surface area contributed by atoms with Gasteiger partial charge in [0.25, 0.3) is 5.91 Å². The Labute approximate surface area is 164 Å². The number of rotatable bonds is 3. The highest BCUT2D eigenvalue weighted by molar-refractivity contribution is 5.98. The highest BCUT2D eigenvalue weighted by atomic mass is 16.2. The lowest BCUT2D eigenvalue weighted by molar-refractivity contribution is -0.128. The van der Waals surface area contributed by atoms with E-state index < -0.39 is 6.04 Å². The van der Waals surface area contributed by atoms with E-state index in [1.165, 1.54) is 0 Å². The van der Waals surface area contributed by atoms with Gasteiger partial charge >= 0.3 is 0 Å². The molecular weight excluding hydrogens is 352 g/mol. The molecule has 2 aliphatic rings. The topological polar surface area (TPSA) is 86.1 Å². The van der Waals surface area contributed by atoms with E-state index in [1.54, 1.807) is 30.1 Å². The van der Waals surface area contributed by atoms with Gasteiger partial charge in [0, 0.05) is 30.4 Å². The van der Waals surface area contributed by atoms with Crippen molar-refractivity contribution in [2.24, 2.45) is 0 Å². The Morgan fingerprint density at radius 3 is 2.86 bits per heavy atom. The van der Waals surface area contributed by atoms with Gasteiger partial charge in [0.1, 0.15) is 12.1 Å².